The molecule has 0 aliphatic heterocycles. The maximum Gasteiger partial charge on any atom is 0.350 e. The van der Waals surface area contributed by atoms with Crippen LogP contribution in [0.1, 0.15) is 26.3 Å². The number of alkyl halides is 1. The quantitative estimate of drug-likeness (QED) is 0.822. The van der Waals surface area contributed by atoms with E-state index in [1.54, 1.807) is 39.0 Å². The molecular formula is C13H18FNO2. The fraction of sp³-hybridized carbons (Fsp3) is 0.462. The minimum Gasteiger partial charge on any atom is -0.457 e. The van der Waals surface area contributed by atoms with Crippen LogP contribution in [0.4, 0.5) is 4.39 Å². The predicted octanol–water partition coefficient (Wildman–Crippen LogP) is 2.15. The van der Waals surface area contributed by atoms with Crippen LogP contribution >= 0.6 is 0 Å². The van der Waals surface area contributed by atoms with Crippen LogP contribution in [-0.4, -0.2) is 18.1 Å². The average Bonchev–Trinajstić information content (AvgIpc) is 2.27. The van der Waals surface area contributed by atoms with Crippen molar-refractivity contribution in [1.29, 1.82) is 0 Å². The molecule has 0 aromatic heterocycles. The van der Waals surface area contributed by atoms with E-state index in [0.717, 1.165) is 0 Å². The van der Waals surface area contributed by atoms with Crippen molar-refractivity contribution in [3.05, 3.63) is 35.9 Å². The van der Waals surface area contributed by atoms with Gasteiger partial charge in [0.1, 0.15) is 5.60 Å². The number of ether oxygens (including phenoxy) is 1. The summed E-state index contributed by atoms with van der Waals surface area (Å²) in [6, 6.07) is 8.11. The van der Waals surface area contributed by atoms with Crippen molar-refractivity contribution >= 4 is 5.97 Å². The highest BCUT2D eigenvalue weighted by Crippen LogP contribution is 2.28. The Bertz CT molecular complexity index is 386. The highest BCUT2D eigenvalue weighted by Gasteiger charge is 2.42. The summed E-state index contributed by atoms with van der Waals surface area (Å²) in [5.41, 5.74) is 2.58. The van der Waals surface area contributed by atoms with Gasteiger partial charge in [-0.2, -0.15) is 0 Å². The van der Waals surface area contributed by atoms with Crippen molar-refractivity contribution in [1.82, 2.24) is 0 Å². The van der Waals surface area contributed by atoms with Gasteiger partial charge in [-0.25, -0.2) is 9.18 Å². The zero-order valence-electron chi connectivity index (χ0n) is 10.4. The van der Waals surface area contributed by atoms with Gasteiger partial charge in [0.05, 0.1) is 0 Å². The monoisotopic (exact) mass is 239 g/mol. The molecule has 0 spiro atoms. The molecule has 17 heavy (non-hydrogen) atoms. The van der Waals surface area contributed by atoms with Crippen molar-refractivity contribution in [3.8, 4) is 0 Å². The van der Waals surface area contributed by atoms with Crippen LogP contribution in [0.15, 0.2) is 30.3 Å². The third-order valence-corrected chi connectivity index (χ3v) is 2.24. The van der Waals surface area contributed by atoms with Crippen molar-refractivity contribution in [2.45, 2.75) is 32.0 Å². The summed E-state index contributed by atoms with van der Waals surface area (Å²) in [5, 5.41) is 0. The molecule has 1 atom stereocenters. The number of rotatable bonds is 3. The second-order valence-electron chi connectivity index (χ2n) is 4.87. The van der Waals surface area contributed by atoms with E-state index in [-0.39, 0.29) is 5.56 Å². The van der Waals surface area contributed by atoms with Gasteiger partial charge < -0.3 is 10.5 Å². The zero-order chi connectivity index (χ0) is 13.1. The van der Waals surface area contributed by atoms with Gasteiger partial charge in [-0.15, -0.1) is 0 Å². The van der Waals surface area contributed by atoms with Crippen LogP contribution in [0.25, 0.3) is 0 Å². The number of halogens is 1. The summed E-state index contributed by atoms with van der Waals surface area (Å²) < 4.78 is 19.6. The van der Waals surface area contributed by atoms with Crippen LogP contribution in [0.3, 0.4) is 0 Å². The van der Waals surface area contributed by atoms with E-state index in [0.29, 0.717) is 0 Å². The van der Waals surface area contributed by atoms with Gasteiger partial charge in [-0.1, -0.05) is 30.3 Å². The Morgan fingerprint density at radius 1 is 1.29 bits per heavy atom. The van der Waals surface area contributed by atoms with E-state index in [4.69, 9.17) is 10.5 Å². The number of carbonyl (C=O) groups excluding carboxylic acids is 1. The predicted molar refractivity (Wildman–Crippen MR) is 64.1 cm³/mol. The van der Waals surface area contributed by atoms with Gasteiger partial charge in [0.2, 0.25) is 5.67 Å². The van der Waals surface area contributed by atoms with E-state index in [9.17, 15) is 9.18 Å². The molecule has 0 radical (unpaired) electrons. The van der Waals surface area contributed by atoms with Gasteiger partial charge in [0.15, 0.2) is 0 Å². The molecule has 3 nitrogen and oxygen atoms in total. The lowest BCUT2D eigenvalue weighted by Crippen LogP contribution is -2.43. The molecule has 0 saturated carbocycles. The van der Waals surface area contributed by atoms with Crippen LogP contribution in [-0.2, 0) is 15.2 Å². The molecule has 0 aliphatic rings. The molecule has 1 unspecified atom stereocenters. The molecule has 0 saturated heterocycles. The fourth-order valence-corrected chi connectivity index (χ4v) is 1.38. The SMILES string of the molecule is CC(C)(C)OC(=O)C(F)(CN)c1ccccc1. The first kappa shape index (κ1) is 13.6. The van der Waals surface area contributed by atoms with E-state index < -0.39 is 23.8 Å². The van der Waals surface area contributed by atoms with Crippen LogP contribution in [0, 0.1) is 0 Å². The number of hydrogen-bond donors (Lipinski definition) is 1. The summed E-state index contributed by atoms with van der Waals surface area (Å²) in [4.78, 5) is 11.8. The number of hydrogen-bond acceptors (Lipinski definition) is 3. The molecule has 0 fully saturated rings. The van der Waals surface area contributed by atoms with E-state index in [1.807, 2.05) is 0 Å². The third kappa shape index (κ3) is 3.27. The second-order valence-corrected chi connectivity index (χ2v) is 4.87. The standard InChI is InChI=1S/C13H18FNO2/c1-12(2,3)17-11(16)13(14,9-15)10-7-5-4-6-8-10/h4-8H,9,15H2,1-3H3. The Morgan fingerprint density at radius 3 is 2.24 bits per heavy atom. The first-order valence-electron chi connectivity index (χ1n) is 5.47. The van der Waals surface area contributed by atoms with Crippen LogP contribution in [0.2, 0.25) is 0 Å². The van der Waals surface area contributed by atoms with Crippen molar-refractivity contribution in [2.24, 2.45) is 5.73 Å². The second kappa shape index (κ2) is 4.84. The lowest BCUT2D eigenvalue weighted by molar-refractivity contribution is -0.169. The Balaban J connectivity index is 3.01. The molecule has 1 aromatic rings. The number of carbonyl (C=O) groups is 1. The van der Waals surface area contributed by atoms with Crippen LogP contribution in [0.5, 0.6) is 0 Å². The molecule has 4 heteroatoms. The van der Waals surface area contributed by atoms with Gasteiger partial charge >= 0.3 is 5.97 Å². The topological polar surface area (TPSA) is 52.3 Å². The first-order valence-corrected chi connectivity index (χ1v) is 5.47. The molecule has 1 aromatic carbocycles. The normalized spacial score (nSPS) is 15.1. The molecule has 0 aliphatic carbocycles. The molecule has 0 amide bonds. The lowest BCUT2D eigenvalue weighted by atomic mass is 9.95. The largest absolute Gasteiger partial charge is 0.457 e. The molecule has 0 bridgehead atoms. The highest BCUT2D eigenvalue weighted by atomic mass is 19.1. The maximum absolute atomic E-state index is 14.6. The Morgan fingerprint density at radius 2 is 1.82 bits per heavy atom. The van der Waals surface area contributed by atoms with E-state index >= 15 is 0 Å². The summed E-state index contributed by atoms with van der Waals surface area (Å²) in [7, 11) is 0. The molecule has 94 valence electrons. The number of benzene rings is 1. The van der Waals surface area contributed by atoms with Gasteiger partial charge in [-0.05, 0) is 20.8 Å². The summed E-state index contributed by atoms with van der Waals surface area (Å²) in [5.74, 6) is -0.946. The minimum atomic E-state index is -2.28. The first-order chi connectivity index (χ1) is 7.79. The molecule has 2 N–H and O–H groups in total. The summed E-state index contributed by atoms with van der Waals surface area (Å²) in [6.45, 7) is 4.62. The number of esters is 1. The average molecular weight is 239 g/mol. The molecule has 1 rings (SSSR count). The fourth-order valence-electron chi connectivity index (χ4n) is 1.38. The Kier molecular flexibility index (Phi) is 3.88. The minimum absolute atomic E-state index is 0.219. The Labute approximate surface area is 101 Å². The third-order valence-electron chi connectivity index (χ3n) is 2.24. The zero-order valence-corrected chi connectivity index (χ0v) is 10.4. The van der Waals surface area contributed by atoms with Gasteiger partial charge in [0.25, 0.3) is 0 Å². The smallest absolute Gasteiger partial charge is 0.350 e. The van der Waals surface area contributed by atoms with Gasteiger partial charge in [-0.3, -0.25) is 0 Å². The van der Waals surface area contributed by atoms with Crippen LogP contribution < -0.4 is 5.73 Å². The van der Waals surface area contributed by atoms with E-state index in [2.05, 4.69) is 0 Å². The summed E-state index contributed by atoms with van der Waals surface area (Å²) in [6.07, 6.45) is 0. The maximum atomic E-state index is 14.6. The van der Waals surface area contributed by atoms with E-state index in [1.165, 1.54) is 12.1 Å². The van der Waals surface area contributed by atoms with Crippen molar-refractivity contribution in [3.63, 3.8) is 0 Å². The highest BCUT2D eigenvalue weighted by molar-refractivity contribution is 5.82. The lowest BCUT2D eigenvalue weighted by Gasteiger charge is -2.27. The van der Waals surface area contributed by atoms with Crippen molar-refractivity contribution < 1.29 is 13.9 Å². The number of nitrogens with two attached hydrogens (primary N) is 1. The summed E-state index contributed by atoms with van der Waals surface area (Å²) >= 11 is 0. The van der Waals surface area contributed by atoms with Crippen molar-refractivity contribution in [2.75, 3.05) is 6.54 Å². The Hall–Kier alpha value is -1.42. The van der Waals surface area contributed by atoms with Gasteiger partial charge in [0, 0.05) is 12.1 Å². The molecule has 0 heterocycles. The molecular weight excluding hydrogens is 221 g/mol.